The predicted molar refractivity (Wildman–Crippen MR) is 74.3 cm³/mol. The molecule has 0 amide bonds. The monoisotopic (exact) mass is 292 g/mol. The standard InChI is InChI=1S/C15H9FN6/c16-11-1-3-13(4-2-11)22-6-5-12(20-22)9-21-10-19-14(7-17)15(21)8-18/h1-6,10H,9H2. The number of nitrogens with zero attached hydrogens (tertiary/aromatic N) is 6. The van der Waals surface area contributed by atoms with Gasteiger partial charge >= 0.3 is 0 Å². The minimum Gasteiger partial charge on any atom is -0.315 e. The van der Waals surface area contributed by atoms with E-state index in [1.807, 2.05) is 12.1 Å². The minimum absolute atomic E-state index is 0.0977. The van der Waals surface area contributed by atoms with Crippen molar-refractivity contribution >= 4 is 0 Å². The van der Waals surface area contributed by atoms with Crippen molar-refractivity contribution in [3.8, 4) is 17.8 Å². The van der Waals surface area contributed by atoms with Crippen molar-refractivity contribution in [2.45, 2.75) is 6.54 Å². The van der Waals surface area contributed by atoms with E-state index >= 15 is 0 Å². The zero-order valence-electron chi connectivity index (χ0n) is 11.3. The average molecular weight is 292 g/mol. The van der Waals surface area contributed by atoms with Crippen molar-refractivity contribution in [3.05, 3.63) is 65.8 Å². The lowest BCUT2D eigenvalue weighted by Crippen LogP contribution is -2.03. The molecule has 106 valence electrons. The molecule has 0 aliphatic heterocycles. The van der Waals surface area contributed by atoms with Crippen LogP contribution in [-0.2, 0) is 6.54 Å². The van der Waals surface area contributed by atoms with E-state index in [2.05, 4.69) is 10.1 Å². The molecule has 2 heterocycles. The predicted octanol–water partition coefficient (Wildman–Crippen LogP) is 2.00. The van der Waals surface area contributed by atoms with E-state index in [4.69, 9.17) is 10.5 Å². The van der Waals surface area contributed by atoms with Gasteiger partial charge in [0.05, 0.1) is 24.3 Å². The third-order valence-electron chi connectivity index (χ3n) is 3.12. The Balaban J connectivity index is 1.86. The van der Waals surface area contributed by atoms with Crippen LogP contribution in [0.3, 0.4) is 0 Å². The summed E-state index contributed by atoms with van der Waals surface area (Å²) in [5, 5.41) is 22.3. The van der Waals surface area contributed by atoms with Gasteiger partial charge < -0.3 is 4.57 Å². The van der Waals surface area contributed by atoms with Crippen molar-refractivity contribution in [2.24, 2.45) is 0 Å². The summed E-state index contributed by atoms with van der Waals surface area (Å²) in [5.74, 6) is -0.308. The second-order valence-corrected chi connectivity index (χ2v) is 4.52. The zero-order valence-corrected chi connectivity index (χ0v) is 11.3. The topological polar surface area (TPSA) is 83.2 Å². The molecule has 3 rings (SSSR count). The highest BCUT2D eigenvalue weighted by Gasteiger charge is 2.11. The van der Waals surface area contributed by atoms with E-state index < -0.39 is 0 Å². The smallest absolute Gasteiger partial charge is 0.176 e. The molecule has 6 nitrogen and oxygen atoms in total. The van der Waals surface area contributed by atoms with Crippen LogP contribution in [0.4, 0.5) is 4.39 Å². The average Bonchev–Trinajstić information content (AvgIpc) is 3.15. The van der Waals surface area contributed by atoms with Gasteiger partial charge in [-0.3, -0.25) is 0 Å². The van der Waals surface area contributed by atoms with Crippen LogP contribution >= 0.6 is 0 Å². The third-order valence-corrected chi connectivity index (χ3v) is 3.12. The number of rotatable bonds is 3. The maximum Gasteiger partial charge on any atom is 0.176 e. The van der Waals surface area contributed by atoms with Crippen LogP contribution in [0.25, 0.3) is 5.69 Å². The van der Waals surface area contributed by atoms with E-state index in [1.54, 1.807) is 33.6 Å². The molecule has 0 saturated heterocycles. The second-order valence-electron chi connectivity index (χ2n) is 4.52. The van der Waals surface area contributed by atoms with Crippen LogP contribution in [0.1, 0.15) is 17.1 Å². The van der Waals surface area contributed by atoms with E-state index in [-0.39, 0.29) is 17.2 Å². The SMILES string of the molecule is N#Cc1ncn(Cc2ccn(-c3ccc(F)cc3)n2)c1C#N. The summed E-state index contributed by atoms with van der Waals surface area (Å²) < 4.78 is 16.1. The van der Waals surface area contributed by atoms with Gasteiger partial charge in [-0.15, -0.1) is 0 Å². The molecule has 0 N–H and O–H groups in total. The molecule has 0 unspecified atom stereocenters. The quantitative estimate of drug-likeness (QED) is 0.739. The summed E-state index contributed by atoms with van der Waals surface area (Å²) in [6.07, 6.45) is 3.19. The first-order valence-corrected chi connectivity index (χ1v) is 6.37. The molecule has 0 radical (unpaired) electrons. The number of hydrogen-bond donors (Lipinski definition) is 0. The molecule has 0 saturated carbocycles. The minimum atomic E-state index is -0.308. The maximum absolute atomic E-state index is 12.9. The van der Waals surface area contributed by atoms with Crippen molar-refractivity contribution in [1.82, 2.24) is 19.3 Å². The summed E-state index contributed by atoms with van der Waals surface area (Å²) in [6.45, 7) is 0.325. The Kier molecular flexibility index (Phi) is 3.39. The molecule has 0 aliphatic carbocycles. The Bertz CT molecular complexity index is 891. The highest BCUT2D eigenvalue weighted by Crippen LogP contribution is 2.11. The lowest BCUT2D eigenvalue weighted by atomic mass is 10.3. The summed E-state index contributed by atoms with van der Waals surface area (Å²) >= 11 is 0. The van der Waals surface area contributed by atoms with Gasteiger partial charge in [-0.25, -0.2) is 14.1 Å². The molecule has 0 bridgehead atoms. The molecule has 2 aromatic heterocycles. The Morgan fingerprint density at radius 2 is 1.86 bits per heavy atom. The van der Waals surface area contributed by atoms with Crippen LogP contribution in [-0.4, -0.2) is 19.3 Å². The zero-order chi connectivity index (χ0) is 15.5. The molecule has 22 heavy (non-hydrogen) atoms. The second kappa shape index (κ2) is 5.51. The van der Waals surface area contributed by atoms with Gasteiger partial charge in [0.15, 0.2) is 11.4 Å². The van der Waals surface area contributed by atoms with Crippen LogP contribution in [0.5, 0.6) is 0 Å². The highest BCUT2D eigenvalue weighted by molar-refractivity contribution is 5.36. The summed E-state index contributed by atoms with van der Waals surface area (Å²) in [4.78, 5) is 3.88. The normalized spacial score (nSPS) is 10.1. The molecule has 7 heteroatoms. The summed E-state index contributed by atoms with van der Waals surface area (Å²) in [6, 6.07) is 11.6. The van der Waals surface area contributed by atoms with Crippen LogP contribution in [0.15, 0.2) is 42.9 Å². The Labute approximate surface area is 125 Å². The van der Waals surface area contributed by atoms with Gasteiger partial charge in [0.25, 0.3) is 0 Å². The van der Waals surface area contributed by atoms with Gasteiger partial charge in [0, 0.05) is 6.20 Å². The largest absolute Gasteiger partial charge is 0.315 e. The molecule has 3 aromatic rings. The van der Waals surface area contributed by atoms with Gasteiger partial charge in [0.1, 0.15) is 18.0 Å². The van der Waals surface area contributed by atoms with Gasteiger partial charge in [-0.2, -0.15) is 15.6 Å². The van der Waals surface area contributed by atoms with E-state index in [1.165, 1.54) is 18.5 Å². The van der Waals surface area contributed by atoms with Crippen molar-refractivity contribution < 1.29 is 4.39 Å². The number of imidazole rings is 1. The number of nitriles is 2. The lowest BCUT2D eigenvalue weighted by molar-refractivity contribution is 0.627. The molecule has 0 fully saturated rings. The first-order valence-electron chi connectivity index (χ1n) is 6.37. The fraction of sp³-hybridized carbons (Fsp3) is 0.0667. The number of benzene rings is 1. The first-order chi connectivity index (χ1) is 10.7. The fourth-order valence-electron chi connectivity index (χ4n) is 2.06. The Morgan fingerprint density at radius 3 is 2.55 bits per heavy atom. The van der Waals surface area contributed by atoms with Gasteiger partial charge in [0.2, 0.25) is 0 Å². The molecular formula is C15H9FN6. The molecule has 0 atom stereocenters. The number of aromatic nitrogens is 4. The Morgan fingerprint density at radius 1 is 1.09 bits per heavy atom. The Hall–Kier alpha value is -3.45. The van der Waals surface area contributed by atoms with E-state index in [0.717, 1.165) is 5.69 Å². The maximum atomic E-state index is 12.9. The molecule has 0 spiro atoms. The number of hydrogen-bond acceptors (Lipinski definition) is 4. The number of halogens is 1. The van der Waals surface area contributed by atoms with Gasteiger partial charge in [-0.1, -0.05) is 0 Å². The molecular weight excluding hydrogens is 283 g/mol. The third kappa shape index (κ3) is 2.43. The molecule has 0 aliphatic rings. The lowest BCUT2D eigenvalue weighted by Gasteiger charge is -2.02. The summed E-state index contributed by atoms with van der Waals surface area (Å²) in [7, 11) is 0. The molecule has 1 aromatic carbocycles. The highest BCUT2D eigenvalue weighted by atomic mass is 19.1. The van der Waals surface area contributed by atoms with Crippen molar-refractivity contribution in [1.29, 1.82) is 10.5 Å². The fourth-order valence-corrected chi connectivity index (χ4v) is 2.06. The summed E-state index contributed by atoms with van der Waals surface area (Å²) in [5.41, 5.74) is 1.73. The first kappa shape index (κ1) is 13.5. The van der Waals surface area contributed by atoms with Crippen molar-refractivity contribution in [3.63, 3.8) is 0 Å². The van der Waals surface area contributed by atoms with Crippen molar-refractivity contribution in [2.75, 3.05) is 0 Å². The van der Waals surface area contributed by atoms with Gasteiger partial charge in [-0.05, 0) is 30.3 Å². The van der Waals surface area contributed by atoms with E-state index in [0.29, 0.717) is 12.2 Å². The van der Waals surface area contributed by atoms with Crippen LogP contribution in [0.2, 0.25) is 0 Å². The van der Waals surface area contributed by atoms with Crippen LogP contribution < -0.4 is 0 Å². The van der Waals surface area contributed by atoms with E-state index in [9.17, 15) is 4.39 Å². The van der Waals surface area contributed by atoms with Crippen LogP contribution in [0, 0.1) is 28.5 Å².